The van der Waals surface area contributed by atoms with Crippen LogP contribution in [0.4, 0.5) is 0 Å². The summed E-state index contributed by atoms with van der Waals surface area (Å²) in [6.07, 6.45) is 11.9. The van der Waals surface area contributed by atoms with E-state index in [0.717, 1.165) is 36.5 Å². The van der Waals surface area contributed by atoms with Crippen molar-refractivity contribution in [2.24, 2.45) is 0 Å². The second kappa shape index (κ2) is 8.98. The number of amides is 1. The highest BCUT2D eigenvalue weighted by Gasteiger charge is 2.28. The first-order valence-electron chi connectivity index (χ1n) is 10.3. The van der Waals surface area contributed by atoms with Gasteiger partial charge in [0.15, 0.2) is 0 Å². The van der Waals surface area contributed by atoms with Crippen LogP contribution >= 0.6 is 11.3 Å². The molecule has 2 heterocycles. The zero-order chi connectivity index (χ0) is 18.5. The fourth-order valence-corrected chi connectivity index (χ4v) is 5.36. The fourth-order valence-electron chi connectivity index (χ4n) is 4.23. The van der Waals surface area contributed by atoms with Gasteiger partial charge in [0.25, 0.3) is 0 Å². The Kier molecular flexibility index (Phi) is 6.20. The molecule has 1 fully saturated rings. The van der Waals surface area contributed by atoms with E-state index in [-0.39, 0.29) is 11.9 Å². The minimum atomic E-state index is 0.152. The molecule has 2 aliphatic rings. The second-order valence-corrected chi connectivity index (χ2v) is 8.77. The zero-order valence-electron chi connectivity index (χ0n) is 16.0. The van der Waals surface area contributed by atoms with E-state index in [0.29, 0.717) is 6.54 Å². The summed E-state index contributed by atoms with van der Waals surface area (Å²) in [6, 6.07) is 8.60. The summed E-state index contributed by atoms with van der Waals surface area (Å²) in [7, 11) is 0. The summed E-state index contributed by atoms with van der Waals surface area (Å²) in [5.74, 6) is 0.152. The highest BCUT2D eigenvalue weighted by Crippen LogP contribution is 2.35. The summed E-state index contributed by atoms with van der Waals surface area (Å²) in [6.45, 7) is 2.24. The van der Waals surface area contributed by atoms with Gasteiger partial charge in [-0.1, -0.05) is 30.2 Å². The fraction of sp³-hybridized carbons (Fsp3) is 0.545. The van der Waals surface area contributed by atoms with Crippen molar-refractivity contribution in [1.29, 1.82) is 0 Å². The minimum Gasteiger partial charge on any atom is -0.355 e. The number of carbonyl (C=O) groups is 1. The zero-order valence-corrected chi connectivity index (χ0v) is 16.8. The van der Waals surface area contributed by atoms with Crippen molar-refractivity contribution in [1.82, 2.24) is 15.2 Å². The van der Waals surface area contributed by atoms with Crippen LogP contribution in [-0.2, 0) is 4.79 Å². The monoisotopic (exact) mass is 383 g/mol. The number of piperidine rings is 1. The molecule has 1 N–H and O–H groups in total. The Bertz CT molecular complexity index is 780. The molecule has 0 unspecified atom stereocenters. The van der Waals surface area contributed by atoms with Gasteiger partial charge in [-0.3, -0.25) is 9.69 Å². The highest BCUT2D eigenvalue weighted by molar-refractivity contribution is 7.18. The highest BCUT2D eigenvalue weighted by atomic mass is 32.1. The number of fused-ring (bicyclic) bond motifs is 1. The van der Waals surface area contributed by atoms with Crippen LogP contribution < -0.4 is 5.32 Å². The maximum Gasteiger partial charge on any atom is 0.234 e. The molecule has 1 atom stereocenters. The molecule has 0 radical (unpaired) electrons. The van der Waals surface area contributed by atoms with Crippen LogP contribution in [0.2, 0.25) is 0 Å². The van der Waals surface area contributed by atoms with E-state index in [9.17, 15) is 4.79 Å². The number of likely N-dealkylation sites (tertiary alicyclic amines) is 1. The van der Waals surface area contributed by atoms with E-state index in [1.54, 1.807) is 11.3 Å². The first kappa shape index (κ1) is 18.6. The van der Waals surface area contributed by atoms with Gasteiger partial charge in [0, 0.05) is 6.54 Å². The van der Waals surface area contributed by atoms with Crippen molar-refractivity contribution in [2.45, 2.75) is 57.4 Å². The van der Waals surface area contributed by atoms with Gasteiger partial charge in [0.1, 0.15) is 5.01 Å². The number of nitrogens with zero attached hydrogens (tertiary/aromatic N) is 2. The molecule has 0 bridgehead atoms. The average Bonchev–Trinajstić information content (AvgIpc) is 3.13. The molecule has 1 saturated heterocycles. The predicted molar refractivity (Wildman–Crippen MR) is 112 cm³/mol. The van der Waals surface area contributed by atoms with Gasteiger partial charge >= 0.3 is 0 Å². The van der Waals surface area contributed by atoms with Gasteiger partial charge in [0.05, 0.1) is 22.8 Å². The molecule has 27 heavy (non-hydrogen) atoms. The van der Waals surface area contributed by atoms with Crippen LogP contribution in [0.1, 0.15) is 62.4 Å². The van der Waals surface area contributed by atoms with E-state index < -0.39 is 0 Å². The molecule has 0 saturated carbocycles. The van der Waals surface area contributed by atoms with Gasteiger partial charge < -0.3 is 5.32 Å². The minimum absolute atomic E-state index is 0.152. The molecule has 1 aliphatic carbocycles. The summed E-state index contributed by atoms with van der Waals surface area (Å²) in [5.41, 5.74) is 2.60. The van der Waals surface area contributed by atoms with Crippen molar-refractivity contribution in [3.8, 4) is 0 Å². The van der Waals surface area contributed by atoms with Crippen LogP contribution in [0.3, 0.4) is 0 Å². The largest absolute Gasteiger partial charge is 0.355 e. The summed E-state index contributed by atoms with van der Waals surface area (Å²) < 4.78 is 1.24. The predicted octanol–water partition coefficient (Wildman–Crippen LogP) is 4.83. The van der Waals surface area contributed by atoms with Gasteiger partial charge in [-0.05, 0) is 63.6 Å². The second-order valence-electron chi connectivity index (χ2n) is 7.71. The number of hydrogen-bond acceptors (Lipinski definition) is 4. The molecule has 1 aliphatic heterocycles. The molecular weight excluding hydrogens is 354 g/mol. The molecule has 0 spiro atoms. The summed E-state index contributed by atoms with van der Waals surface area (Å²) in [5, 5.41) is 4.30. The van der Waals surface area contributed by atoms with Crippen LogP contribution in [-0.4, -0.2) is 35.4 Å². The maximum atomic E-state index is 12.5. The molecule has 1 aromatic heterocycles. The number of carbonyl (C=O) groups excluding carboxylic acids is 1. The Labute approximate surface area is 165 Å². The number of thiazole rings is 1. The van der Waals surface area contributed by atoms with Crippen LogP contribution in [0.25, 0.3) is 10.2 Å². The van der Waals surface area contributed by atoms with E-state index in [4.69, 9.17) is 4.98 Å². The summed E-state index contributed by atoms with van der Waals surface area (Å²) >= 11 is 1.78. The molecule has 4 nitrogen and oxygen atoms in total. The lowest BCUT2D eigenvalue weighted by molar-refractivity contribution is -0.123. The third kappa shape index (κ3) is 4.77. The van der Waals surface area contributed by atoms with Gasteiger partial charge in [0.2, 0.25) is 5.91 Å². The van der Waals surface area contributed by atoms with Crippen molar-refractivity contribution in [2.75, 3.05) is 19.6 Å². The standard InChI is InChI=1S/C22H29N3OS/c26-21(23-14-13-17-8-2-1-3-9-17)16-25-15-7-6-11-19(25)22-24-18-10-4-5-12-20(18)27-22/h4-5,8,10,12,19H,1-3,6-7,9,11,13-16H2,(H,23,26)/t19-/m0/s1. The Morgan fingerprint density at radius 1 is 1.22 bits per heavy atom. The lowest BCUT2D eigenvalue weighted by atomic mass is 9.97. The number of para-hydroxylation sites is 1. The number of allylic oxidation sites excluding steroid dienone is 1. The first-order chi connectivity index (χ1) is 13.3. The van der Waals surface area contributed by atoms with Crippen molar-refractivity contribution in [3.05, 3.63) is 40.9 Å². The molecule has 5 heteroatoms. The van der Waals surface area contributed by atoms with E-state index in [1.807, 2.05) is 6.07 Å². The Morgan fingerprint density at radius 2 is 2.15 bits per heavy atom. The van der Waals surface area contributed by atoms with E-state index in [2.05, 4.69) is 34.5 Å². The lowest BCUT2D eigenvalue weighted by Gasteiger charge is -2.33. The smallest absolute Gasteiger partial charge is 0.234 e. The number of rotatable bonds is 6. The molecule has 144 valence electrons. The Hall–Kier alpha value is -1.72. The lowest BCUT2D eigenvalue weighted by Crippen LogP contribution is -2.41. The number of aromatic nitrogens is 1. The molecular formula is C22H29N3OS. The average molecular weight is 384 g/mol. The molecule has 1 aromatic carbocycles. The number of nitrogens with one attached hydrogen (secondary N) is 1. The SMILES string of the molecule is O=C(CN1CCCC[C@H]1c1nc2ccccc2s1)NCCC1=CCCCC1. The van der Waals surface area contributed by atoms with Crippen molar-refractivity contribution in [3.63, 3.8) is 0 Å². The third-order valence-corrected chi connectivity index (χ3v) is 6.85. The normalized spacial score (nSPS) is 21.2. The van der Waals surface area contributed by atoms with Crippen LogP contribution in [0, 0.1) is 0 Å². The molecule has 1 amide bonds. The van der Waals surface area contributed by atoms with Gasteiger partial charge in [-0.25, -0.2) is 4.98 Å². The van der Waals surface area contributed by atoms with Gasteiger partial charge in [-0.15, -0.1) is 11.3 Å². The van der Waals surface area contributed by atoms with Crippen LogP contribution in [0.15, 0.2) is 35.9 Å². The first-order valence-corrected chi connectivity index (χ1v) is 11.2. The topological polar surface area (TPSA) is 45.2 Å². The number of benzene rings is 1. The molecule has 2 aromatic rings. The Balaban J connectivity index is 1.34. The van der Waals surface area contributed by atoms with Crippen LogP contribution in [0.5, 0.6) is 0 Å². The Morgan fingerprint density at radius 3 is 3.00 bits per heavy atom. The summed E-state index contributed by atoms with van der Waals surface area (Å²) in [4.78, 5) is 19.7. The van der Waals surface area contributed by atoms with Gasteiger partial charge in [-0.2, -0.15) is 0 Å². The maximum absolute atomic E-state index is 12.5. The number of hydrogen-bond donors (Lipinski definition) is 1. The third-order valence-electron chi connectivity index (χ3n) is 5.71. The van der Waals surface area contributed by atoms with E-state index in [1.165, 1.54) is 48.8 Å². The van der Waals surface area contributed by atoms with Crippen molar-refractivity contribution >= 4 is 27.5 Å². The van der Waals surface area contributed by atoms with Crippen molar-refractivity contribution < 1.29 is 4.79 Å². The molecule has 4 rings (SSSR count). The van der Waals surface area contributed by atoms with E-state index >= 15 is 0 Å². The quantitative estimate of drug-likeness (QED) is 0.727.